The lowest BCUT2D eigenvalue weighted by Gasteiger charge is -2.32. The minimum Gasteiger partial charge on any atom is -0.403 e. The molecule has 0 bridgehead atoms. The zero-order valence-electron chi connectivity index (χ0n) is 11.4. The van der Waals surface area contributed by atoms with Gasteiger partial charge in [-0.05, 0) is 34.1 Å². The van der Waals surface area contributed by atoms with Gasteiger partial charge in [-0.3, -0.25) is 0 Å². The van der Waals surface area contributed by atoms with Crippen molar-refractivity contribution in [3.8, 4) is 0 Å². The minimum absolute atomic E-state index is 0.131. The Balaban J connectivity index is 2.66. The molecule has 1 aliphatic heterocycles. The molecular weight excluding hydrogens is 199 g/mol. The number of hydrogen-bond donors (Lipinski definition) is 0. The van der Waals surface area contributed by atoms with Gasteiger partial charge in [-0.1, -0.05) is 25.8 Å². The van der Waals surface area contributed by atoms with Gasteiger partial charge in [-0.2, -0.15) is 0 Å². The van der Waals surface area contributed by atoms with E-state index in [-0.39, 0.29) is 18.3 Å². The van der Waals surface area contributed by atoms with E-state index in [1.165, 1.54) is 12.8 Å². The lowest BCUT2D eigenvalue weighted by Crippen LogP contribution is -2.41. The highest BCUT2D eigenvalue weighted by molar-refractivity contribution is 6.48. The molecular formula is C13H25BO2. The first-order valence-electron chi connectivity index (χ1n) is 6.32. The first-order valence-corrected chi connectivity index (χ1v) is 6.32. The van der Waals surface area contributed by atoms with E-state index in [1.807, 2.05) is 6.08 Å². The highest BCUT2D eigenvalue weighted by Gasteiger charge is 2.52. The third-order valence-corrected chi connectivity index (χ3v) is 3.81. The average Bonchev–Trinajstić information content (AvgIpc) is 2.37. The fourth-order valence-electron chi connectivity index (χ4n) is 1.87. The maximum absolute atomic E-state index is 6.02. The van der Waals surface area contributed by atoms with Gasteiger partial charge in [0.05, 0.1) is 11.2 Å². The summed E-state index contributed by atoms with van der Waals surface area (Å²) in [6.07, 6.45) is 5.46. The van der Waals surface area contributed by atoms with Crippen LogP contribution in [-0.4, -0.2) is 18.3 Å². The maximum Gasteiger partial charge on any atom is 0.465 e. The molecule has 1 atom stereocenters. The van der Waals surface area contributed by atoms with E-state index in [1.54, 1.807) is 0 Å². The predicted molar refractivity (Wildman–Crippen MR) is 69.6 cm³/mol. The van der Waals surface area contributed by atoms with Crippen molar-refractivity contribution in [2.75, 3.05) is 0 Å². The van der Waals surface area contributed by atoms with Crippen LogP contribution < -0.4 is 0 Å². The van der Waals surface area contributed by atoms with Crippen LogP contribution in [0.25, 0.3) is 0 Å². The number of hydrogen-bond acceptors (Lipinski definition) is 2. The van der Waals surface area contributed by atoms with Crippen LogP contribution in [0.2, 0.25) is 5.82 Å². The Labute approximate surface area is 101 Å². The summed E-state index contributed by atoms with van der Waals surface area (Å²) in [7, 11) is -0.131. The van der Waals surface area contributed by atoms with Gasteiger partial charge in [0.15, 0.2) is 0 Å². The van der Waals surface area contributed by atoms with E-state index in [2.05, 4.69) is 41.2 Å². The molecule has 0 N–H and O–H groups in total. The van der Waals surface area contributed by atoms with E-state index < -0.39 is 0 Å². The van der Waals surface area contributed by atoms with Crippen LogP contribution in [0.3, 0.4) is 0 Å². The molecule has 1 rings (SSSR count). The third-order valence-electron chi connectivity index (χ3n) is 3.81. The van der Waals surface area contributed by atoms with E-state index in [9.17, 15) is 0 Å². The molecule has 3 heteroatoms. The van der Waals surface area contributed by atoms with Gasteiger partial charge >= 0.3 is 7.12 Å². The monoisotopic (exact) mass is 224 g/mol. The SMILES string of the molecule is C=CC(CCCC)B1OC(C)(C)C(C)(C)O1. The molecule has 0 aromatic rings. The standard InChI is InChI=1S/C13H25BO2/c1-7-9-10-11(8-2)14-15-12(3,4)13(5,6)16-14/h8,11H,2,7,9-10H2,1,3-6H3. The molecule has 1 saturated heterocycles. The first kappa shape index (κ1) is 13.8. The fourth-order valence-corrected chi connectivity index (χ4v) is 1.87. The molecule has 0 aliphatic carbocycles. The number of rotatable bonds is 5. The second kappa shape index (κ2) is 4.93. The fraction of sp³-hybridized carbons (Fsp3) is 0.846. The molecule has 1 unspecified atom stereocenters. The van der Waals surface area contributed by atoms with Crippen LogP contribution in [-0.2, 0) is 9.31 Å². The van der Waals surface area contributed by atoms with Crippen molar-refractivity contribution in [2.24, 2.45) is 0 Å². The van der Waals surface area contributed by atoms with Gasteiger partial charge in [0.25, 0.3) is 0 Å². The van der Waals surface area contributed by atoms with E-state index >= 15 is 0 Å². The van der Waals surface area contributed by atoms with Crippen LogP contribution in [0.5, 0.6) is 0 Å². The van der Waals surface area contributed by atoms with Crippen LogP contribution in [0.4, 0.5) is 0 Å². The normalized spacial score (nSPS) is 24.4. The third kappa shape index (κ3) is 2.69. The van der Waals surface area contributed by atoms with Gasteiger partial charge in [0.1, 0.15) is 0 Å². The van der Waals surface area contributed by atoms with Crippen molar-refractivity contribution in [1.29, 1.82) is 0 Å². The van der Waals surface area contributed by atoms with E-state index in [4.69, 9.17) is 9.31 Å². The zero-order valence-corrected chi connectivity index (χ0v) is 11.4. The topological polar surface area (TPSA) is 18.5 Å². The van der Waals surface area contributed by atoms with Gasteiger partial charge in [-0.25, -0.2) is 0 Å². The quantitative estimate of drug-likeness (QED) is 0.522. The Morgan fingerprint density at radius 2 is 1.69 bits per heavy atom. The second-order valence-corrected chi connectivity index (χ2v) is 5.67. The van der Waals surface area contributed by atoms with Gasteiger partial charge in [0.2, 0.25) is 0 Å². The van der Waals surface area contributed by atoms with Gasteiger partial charge in [0, 0.05) is 5.82 Å². The van der Waals surface area contributed by atoms with Crippen LogP contribution in [0, 0.1) is 0 Å². The van der Waals surface area contributed by atoms with Crippen molar-refractivity contribution in [2.45, 2.75) is 70.9 Å². The van der Waals surface area contributed by atoms with E-state index in [0.29, 0.717) is 5.82 Å². The Bertz CT molecular complexity index is 232. The molecule has 0 aromatic carbocycles. The largest absolute Gasteiger partial charge is 0.465 e. The molecule has 0 saturated carbocycles. The molecule has 2 nitrogen and oxygen atoms in total. The Hall–Kier alpha value is -0.275. The summed E-state index contributed by atoms with van der Waals surface area (Å²) in [6.45, 7) is 14.5. The van der Waals surface area contributed by atoms with Crippen LogP contribution in [0.15, 0.2) is 12.7 Å². The summed E-state index contributed by atoms with van der Waals surface area (Å²) in [4.78, 5) is 0. The summed E-state index contributed by atoms with van der Waals surface area (Å²) in [5.41, 5.74) is -0.462. The average molecular weight is 224 g/mol. The molecule has 0 radical (unpaired) electrons. The van der Waals surface area contributed by atoms with E-state index in [0.717, 1.165) is 6.42 Å². The summed E-state index contributed by atoms with van der Waals surface area (Å²) < 4.78 is 12.0. The highest BCUT2D eigenvalue weighted by atomic mass is 16.7. The van der Waals surface area contributed by atoms with Crippen molar-refractivity contribution >= 4 is 7.12 Å². The van der Waals surface area contributed by atoms with Crippen LogP contribution >= 0.6 is 0 Å². The molecule has 92 valence electrons. The van der Waals surface area contributed by atoms with Crippen molar-refractivity contribution < 1.29 is 9.31 Å². The molecule has 0 aromatic heterocycles. The first-order chi connectivity index (χ1) is 7.34. The van der Waals surface area contributed by atoms with Crippen molar-refractivity contribution in [3.05, 3.63) is 12.7 Å². The molecule has 1 aliphatic rings. The molecule has 16 heavy (non-hydrogen) atoms. The Morgan fingerprint density at radius 1 is 1.19 bits per heavy atom. The van der Waals surface area contributed by atoms with Crippen LogP contribution in [0.1, 0.15) is 53.9 Å². The predicted octanol–water partition coefficient (Wildman–Crippen LogP) is 3.83. The lowest BCUT2D eigenvalue weighted by atomic mass is 9.69. The summed E-state index contributed by atoms with van der Waals surface area (Å²) in [5, 5.41) is 0. The minimum atomic E-state index is -0.231. The maximum atomic E-state index is 6.02. The molecule has 0 amide bonds. The Morgan fingerprint density at radius 3 is 2.06 bits per heavy atom. The molecule has 1 fully saturated rings. The Kier molecular flexibility index (Phi) is 4.25. The van der Waals surface area contributed by atoms with Gasteiger partial charge in [-0.15, -0.1) is 6.58 Å². The highest BCUT2D eigenvalue weighted by Crippen LogP contribution is 2.41. The van der Waals surface area contributed by atoms with Crippen molar-refractivity contribution in [3.63, 3.8) is 0 Å². The number of unbranched alkanes of at least 4 members (excludes halogenated alkanes) is 1. The second-order valence-electron chi connectivity index (χ2n) is 5.67. The smallest absolute Gasteiger partial charge is 0.403 e. The summed E-state index contributed by atoms with van der Waals surface area (Å²) in [5.74, 6) is 0.306. The summed E-state index contributed by atoms with van der Waals surface area (Å²) in [6, 6.07) is 0. The lowest BCUT2D eigenvalue weighted by molar-refractivity contribution is 0.00578. The number of allylic oxidation sites excluding steroid dienone is 1. The molecule has 0 spiro atoms. The summed E-state index contributed by atoms with van der Waals surface area (Å²) >= 11 is 0. The van der Waals surface area contributed by atoms with Gasteiger partial charge < -0.3 is 9.31 Å². The molecule has 1 heterocycles. The van der Waals surface area contributed by atoms with Crippen molar-refractivity contribution in [1.82, 2.24) is 0 Å². The zero-order chi connectivity index (χ0) is 12.4.